The maximum atomic E-state index is 2.78. The Morgan fingerprint density at radius 1 is 0.611 bits per heavy atom. The van der Waals surface area contributed by atoms with E-state index in [1.54, 1.807) is 27.0 Å². The fourth-order valence-electron chi connectivity index (χ4n) is 4.00. The minimum absolute atomic E-state index is 0.477. The second-order valence-corrected chi connectivity index (χ2v) is 44.4. The Kier molecular flexibility index (Phi) is 7.73. The summed E-state index contributed by atoms with van der Waals surface area (Å²) < 4.78 is -0.477. The van der Waals surface area contributed by atoms with Gasteiger partial charge < -0.3 is 0 Å². The third-order valence-electron chi connectivity index (χ3n) is 6.84. The van der Waals surface area contributed by atoms with Crippen LogP contribution in [-0.2, 0) is 0 Å². The first kappa shape index (κ1) is 19.7. The van der Waals surface area contributed by atoms with Crippen molar-refractivity contribution in [1.82, 2.24) is 0 Å². The van der Waals surface area contributed by atoms with Crippen molar-refractivity contribution in [3.63, 3.8) is 0 Å². The van der Waals surface area contributed by atoms with Gasteiger partial charge in [0.15, 0.2) is 0 Å². The molecule has 0 N–H and O–H groups in total. The molecule has 4 heteroatoms. The average Bonchev–Trinajstić information content (AvgIpc) is 2.24. The van der Waals surface area contributed by atoms with Crippen molar-refractivity contribution >= 4 is 46.6 Å². The van der Waals surface area contributed by atoms with Crippen LogP contribution in [0.5, 0.6) is 0 Å². The van der Waals surface area contributed by atoms with Gasteiger partial charge in [-0.15, -0.1) is 0 Å². The van der Waals surface area contributed by atoms with E-state index in [0.29, 0.717) is 0 Å². The van der Waals surface area contributed by atoms with Crippen LogP contribution in [0, 0.1) is 0 Å². The Bertz CT molecular complexity index is 220. The summed E-state index contributed by atoms with van der Waals surface area (Å²) in [6.07, 6.45) is 0. The van der Waals surface area contributed by atoms with Crippen LogP contribution in [-0.4, -0.2) is 46.6 Å². The molecule has 0 aliphatic carbocycles. The quantitative estimate of drug-likeness (QED) is 0.616. The predicted molar refractivity (Wildman–Crippen MR) is 96.5 cm³/mol. The molecule has 0 unspecified atom stereocenters. The molecule has 0 radical (unpaired) electrons. The SMILES string of the molecule is CC(C)[Si](C)(C(C)C)[SiH]([Na])[Si](C)(C(C)C)C(C)C. The average molecular weight is 311 g/mol. The molecule has 0 saturated carbocycles. The van der Waals surface area contributed by atoms with Gasteiger partial charge in [0, 0.05) is 0 Å². The fourth-order valence-corrected chi connectivity index (χ4v) is 76.1. The van der Waals surface area contributed by atoms with Gasteiger partial charge in [0.25, 0.3) is 0 Å². The molecule has 18 heavy (non-hydrogen) atoms. The third kappa shape index (κ3) is 3.45. The van der Waals surface area contributed by atoms with Gasteiger partial charge in [-0.25, -0.2) is 0 Å². The first-order valence-corrected chi connectivity index (χ1v) is 21.5. The van der Waals surface area contributed by atoms with E-state index in [9.17, 15) is 0 Å². The van der Waals surface area contributed by atoms with Crippen molar-refractivity contribution in [2.75, 3.05) is 0 Å². The molecule has 0 aromatic carbocycles. The van der Waals surface area contributed by atoms with Crippen LogP contribution in [0.1, 0.15) is 55.4 Å². The molecule has 0 amide bonds. The summed E-state index contributed by atoms with van der Waals surface area (Å²) >= 11 is 1.56. The van der Waals surface area contributed by atoms with E-state index in [2.05, 4.69) is 68.5 Å². The van der Waals surface area contributed by atoms with Gasteiger partial charge in [-0.3, -0.25) is 0 Å². The topological polar surface area (TPSA) is 0 Å². The van der Waals surface area contributed by atoms with E-state index in [1.165, 1.54) is 0 Å². The van der Waals surface area contributed by atoms with Gasteiger partial charge in [0.1, 0.15) is 0 Å². The van der Waals surface area contributed by atoms with Crippen molar-refractivity contribution in [3.8, 4) is 0 Å². The zero-order valence-electron chi connectivity index (χ0n) is 14.9. The summed E-state index contributed by atoms with van der Waals surface area (Å²) in [5.74, 6) is 0. The third-order valence-corrected chi connectivity index (χ3v) is 73.3. The Balaban J connectivity index is 5.63. The van der Waals surface area contributed by atoms with E-state index in [-0.39, 0.29) is 0 Å². The summed E-state index contributed by atoms with van der Waals surface area (Å²) in [6, 6.07) is 0. The molecule has 0 atom stereocenters. The van der Waals surface area contributed by atoms with Gasteiger partial charge in [-0.05, 0) is 0 Å². The second-order valence-electron chi connectivity index (χ2n) is 8.07. The van der Waals surface area contributed by atoms with Crippen LogP contribution >= 0.6 is 0 Å². The standard InChI is InChI=1S/C14H35Si3.Na/c1-11(2)16(9,12(3)4)15-17(10,13(5)6)14(7)8;/h11-15H,1-10H3;. The van der Waals surface area contributed by atoms with E-state index in [0.717, 1.165) is 22.2 Å². The number of rotatable bonds is 6. The van der Waals surface area contributed by atoms with Crippen LogP contribution in [0.15, 0.2) is 0 Å². The molecule has 0 saturated heterocycles. The van der Waals surface area contributed by atoms with E-state index in [1.807, 2.05) is 0 Å². The van der Waals surface area contributed by atoms with Crippen molar-refractivity contribution < 1.29 is 0 Å². The molecule has 0 nitrogen and oxygen atoms in total. The van der Waals surface area contributed by atoms with E-state index in [4.69, 9.17) is 0 Å². The summed E-state index contributed by atoms with van der Waals surface area (Å²) in [7, 11) is -2.01. The number of hydrogen-bond acceptors (Lipinski definition) is 0. The van der Waals surface area contributed by atoms with Crippen LogP contribution < -0.4 is 0 Å². The summed E-state index contributed by atoms with van der Waals surface area (Å²) in [5.41, 5.74) is 3.99. The van der Waals surface area contributed by atoms with E-state index >= 15 is 0 Å². The molecule has 0 spiro atoms. The van der Waals surface area contributed by atoms with Crippen LogP contribution in [0.2, 0.25) is 35.3 Å². The molecular formula is C14H35NaSi3. The first-order chi connectivity index (χ1) is 7.93. The van der Waals surface area contributed by atoms with Gasteiger partial charge in [0.05, 0.1) is 0 Å². The molecule has 0 aliphatic rings. The Labute approximate surface area is 136 Å². The van der Waals surface area contributed by atoms with Crippen LogP contribution in [0.25, 0.3) is 0 Å². The molecule has 0 heterocycles. The van der Waals surface area contributed by atoms with E-state index < -0.39 is 19.6 Å². The predicted octanol–water partition coefficient (Wildman–Crippen LogP) is 4.83. The molecule has 0 aliphatic heterocycles. The molecule has 0 rings (SSSR count). The summed E-state index contributed by atoms with van der Waals surface area (Å²) in [6.45, 7) is 25.9. The van der Waals surface area contributed by atoms with Gasteiger partial charge in [0.2, 0.25) is 0 Å². The molecule has 0 bridgehead atoms. The molecule has 0 aromatic rings. The van der Waals surface area contributed by atoms with Gasteiger partial charge in [-0.1, -0.05) is 0 Å². The van der Waals surface area contributed by atoms with Gasteiger partial charge >= 0.3 is 137 Å². The molecule has 0 aromatic heterocycles. The van der Waals surface area contributed by atoms with Crippen LogP contribution in [0.4, 0.5) is 0 Å². The van der Waals surface area contributed by atoms with Crippen molar-refractivity contribution in [2.24, 2.45) is 0 Å². The van der Waals surface area contributed by atoms with Crippen LogP contribution in [0.3, 0.4) is 0 Å². The first-order valence-electron chi connectivity index (χ1n) is 7.93. The van der Waals surface area contributed by atoms with Crippen molar-refractivity contribution in [2.45, 2.75) is 90.6 Å². The zero-order valence-corrected chi connectivity index (χ0v) is 20.0. The number of hydrogen-bond donors (Lipinski definition) is 0. The van der Waals surface area contributed by atoms with Crippen molar-refractivity contribution in [3.05, 3.63) is 0 Å². The summed E-state index contributed by atoms with van der Waals surface area (Å²) in [4.78, 5) is 0. The summed E-state index contributed by atoms with van der Waals surface area (Å²) in [5, 5.41) is 0. The monoisotopic (exact) mass is 310 g/mol. The van der Waals surface area contributed by atoms with Gasteiger partial charge in [-0.2, -0.15) is 0 Å². The molecule has 0 fully saturated rings. The second kappa shape index (κ2) is 7.08. The maximum absolute atomic E-state index is 2.78. The van der Waals surface area contributed by atoms with Crippen molar-refractivity contribution in [1.29, 1.82) is 0 Å². The zero-order chi connectivity index (χ0) is 14.9. The Hall–Kier alpha value is 1.65. The normalized spacial score (nSPS) is 14.7. The minimum atomic E-state index is -1.01. The molecule has 104 valence electrons. The Morgan fingerprint density at radius 3 is 0.889 bits per heavy atom. The fraction of sp³-hybridized carbons (Fsp3) is 1.00. The Morgan fingerprint density at radius 2 is 0.778 bits per heavy atom. The molecular weight excluding hydrogens is 275 g/mol.